The number of cyclic esters (lactones) is 2. The van der Waals surface area contributed by atoms with Crippen molar-refractivity contribution in [2.75, 3.05) is 13.4 Å². The number of hydrogen-bond acceptors (Lipinski definition) is 5. The third-order valence-corrected chi connectivity index (χ3v) is 7.47. The van der Waals surface area contributed by atoms with Crippen LogP contribution in [0.5, 0.6) is 0 Å². The van der Waals surface area contributed by atoms with Gasteiger partial charge in [-0.15, -0.1) is 0 Å². The average molecular weight is 460 g/mol. The summed E-state index contributed by atoms with van der Waals surface area (Å²) < 4.78 is 96.3. The Kier molecular flexibility index (Phi) is 6.43. The first-order chi connectivity index (χ1) is 14.2. The zero-order valence-electron chi connectivity index (χ0n) is 17.4. The summed E-state index contributed by atoms with van der Waals surface area (Å²) in [5, 5.41) is 0. The molecule has 3 aliphatic rings. The lowest BCUT2D eigenvalue weighted by Gasteiger charge is -2.42. The summed E-state index contributed by atoms with van der Waals surface area (Å²) in [6.45, 7) is 3.51. The lowest BCUT2D eigenvalue weighted by molar-refractivity contribution is -0.398. The molecule has 7 atom stereocenters. The molecule has 3 rings (SSSR count). The smallest absolute Gasteiger partial charge is 0.393 e. The molecule has 0 aromatic carbocycles. The lowest BCUT2D eigenvalue weighted by atomic mass is 9.65. The minimum absolute atomic E-state index is 0.0902. The summed E-state index contributed by atoms with van der Waals surface area (Å²) in [6, 6.07) is 0. The molecule has 0 amide bonds. The second-order valence-electron chi connectivity index (χ2n) is 8.93. The van der Waals surface area contributed by atoms with Gasteiger partial charge in [-0.3, -0.25) is 9.59 Å². The number of ether oxygens (including phenoxy) is 3. The van der Waals surface area contributed by atoms with Crippen molar-refractivity contribution in [1.82, 2.24) is 0 Å². The molecular weight excluding hydrogens is 434 g/mol. The SMILES string of the molecule is CCOCOC(CC1CC2CC1C(C)C2C1C(=O)OC(=O)C1C)(C(F)(F)F)C(F)(F)F. The number of hydrogen-bond donors (Lipinski definition) is 0. The molecule has 31 heavy (non-hydrogen) atoms. The van der Waals surface area contributed by atoms with Crippen LogP contribution in [0, 0.1) is 41.4 Å². The van der Waals surface area contributed by atoms with Crippen LogP contribution >= 0.6 is 0 Å². The summed E-state index contributed by atoms with van der Waals surface area (Å²) in [6.07, 6.45) is -12.1. The van der Waals surface area contributed by atoms with E-state index in [1.807, 2.05) is 0 Å². The van der Waals surface area contributed by atoms with Gasteiger partial charge >= 0.3 is 24.3 Å². The summed E-state index contributed by atoms with van der Waals surface area (Å²) in [4.78, 5) is 23.9. The fourth-order valence-corrected chi connectivity index (χ4v) is 6.04. The first-order valence-corrected chi connectivity index (χ1v) is 10.4. The van der Waals surface area contributed by atoms with Crippen LogP contribution in [0.1, 0.15) is 40.0 Å². The van der Waals surface area contributed by atoms with Crippen molar-refractivity contribution in [3.8, 4) is 0 Å². The fourth-order valence-electron chi connectivity index (χ4n) is 6.04. The molecule has 7 unspecified atom stereocenters. The number of fused-ring (bicyclic) bond motifs is 2. The maximum atomic E-state index is 13.8. The standard InChI is InChI=1S/C20H26F6O5/c1-4-29-8-30-18(19(21,22)23,20(24,25)26)7-12-5-11-6-13(12)9(2)14(11)15-10(3)16(27)31-17(15)28/h9-15H,4-8H2,1-3H3. The molecule has 2 aliphatic carbocycles. The van der Waals surface area contributed by atoms with Crippen molar-refractivity contribution < 1.29 is 50.1 Å². The highest BCUT2D eigenvalue weighted by molar-refractivity contribution is 5.96. The molecule has 1 saturated heterocycles. The normalized spacial score (nSPS) is 36.4. The summed E-state index contributed by atoms with van der Waals surface area (Å²) in [7, 11) is 0. The molecule has 0 radical (unpaired) electrons. The molecule has 0 aromatic rings. The summed E-state index contributed by atoms with van der Waals surface area (Å²) in [5.74, 6) is -4.86. The summed E-state index contributed by atoms with van der Waals surface area (Å²) >= 11 is 0. The quantitative estimate of drug-likeness (QED) is 0.184. The van der Waals surface area contributed by atoms with E-state index in [0.717, 1.165) is 0 Å². The van der Waals surface area contributed by atoms with Crippen LogP contribution in [-0.4, -0.2) is 43.3 Å². The van der Waals surface area contributed by atoms with Gasteiger partial charge in [0.1, 0.15) is 6.79 Å². The van der Waals surface area contributed by atoms with Crippen molar-refractivity contribution in [3.05, 3.63) is 0 Å². The van der Waals surface area contributed by atoms with Crippen molar-refractivity contribution >= 4 is 11.9 Å². The van der Waals surface area contributed by atoms with Crippen LogP contribution in [0.3, 0.4) is 0 Å². The van der Waals surface area contributed by atoms with Crippen molar-refractivity contribution in [1.29, 1.82) is 0 Å². The van der Waals surface area contributed by atoms with Crippen LogP contribution in [0.15, 0.2) is 0 Å². The maximum absolute atomic E-state index is 13.8. The molecule has 0 spiro atoms. The average Bonchev–Trinajstić information content (AvgIpc) is 3.24. The predicted octanol–water partition coefficient (Wildman–Crippen LogP) is 4.49. The third kappa shape index (κ3) is 3.96. The number of halogens is 6. The van der Waals surface area contributed by atoms with Crippen molar-refractivity contribution in [2.45, 2.75) is 58.0 Å². The number of carbonyl (C=O) groups is 2. The predicted molar refractivity (Wildman–Crippen MR) is 93.1 cm³/mol. The Hall–Kier alpha value is -1.36. The molecule has 0 aromatic heterocycles. The van der Waals surface area contributed by atoms with E-state index in [4.69, 9.17) is 4.74 Å². The monoisotopic (exact) mass is 460 g/mol. The van der Waals surface area contributed by atoms with E-state index in [0.29, 0.717) is 6.42 Å². The van der Waals surface area contributed by atoms with Gasteiger partial charge in [0.15, 0.2) is 0 Å². The third-order valence-electron chi connectivity index (χ3n) is 7.47. The molecule has 11 heteroatoms. The van der Waals surface area contributed by atoms with Crippen molar-refractivity contribution in [2.24, 2.45) is 41.4 Å². The van der Waals surface area contributed by atoms with Gasteiger partial charge in [0.2, 0.25) is 0 Å². The van der Waals surface area contributed by atoms with Gasteiger partial charge in [0.05, 0.1) is 11.8 Å². The highest BCUT2D eigenvalue weighted by Crippen LogP contribution is 2.62. The minimum Gasteiger partial charge on any atom is -0.393 e. The van der Waals surface area contributed by atoms with Gasteiger partial charge in [0, 0.05) is 6.61 Å². The Morgan fingerprint density at radius 1 is 1.00 bits per heavy atom. The maximum Gasteiger partial charge on any atom is 0.426 e. The number of alkyl halides is 6. The Morgan fingerprint density at radius 2 is 1.61 bits per heavy atom. The number of carbonyl (C=O) groups excluding carboxylic acids is 2. The van der Waals surface area contributed by atoms with Crippen LogP contribution in [0.25, 0.3) is 0 Å². The minimum atomic E-state index is -5.68. The first-order valence-electron chi connectivity index (χ1n) is 10.4. The van der Waals surface area contributed by atoms with E-state index >= 15 is 0 Å². The van der Waals surface area contributed by atoms with E-state index < -0.39 is 66.8 Å². The van der Waals surface area contributed by atoms with E-state index in [9.17, 15) is 35.9 Å². The van der Waals surface area contributed by atoms with Gasteiger partial charge < -0.3 is 14.2 Å². The highest BCUT2D eigenvalue weighted by Gasteiger charge is 2.74. The Balaban J connectivity index is 1.83. The Bertz CT molecular complexity index is 689. The molecule has 3 fully saturated rings. The first kappa shape index (κ1) is 24.3. The van der Waals surface area contributed by atoms with Crippen LogP contribution < -0.4 is 0 Å². The Labute approximate surface area is 175 Å². The van der Waals surface area contributed by atoms with E-state index in [1.54, 1.807) is 13.8 Å². The number of rotatable bonds is 7. The molecule has 2 bridgehead atoms. The van der Waals surface area contributed by atoms with Crippen LogP contribution in [0.4, 0.5) is 26.3 Å². The largest absolute Gasteiger partial charge is 0.426 e. The highest BCUT2D eigenvalue weighted by atomic mass is 19.4. The van der Waals surface area contributed by atoms with Gasteiger partial charge in [-0.2, -0.15) is 26.3 Å². The zero-order valence-corrected chi connectivity index (χ0v) is 17.4. The van der Waals surface area contributed by atoms with Crippen LogP contribution in [-0.2, 0) is 23.8 Å². The zero-order chi connectivity index (χ0) is 23.4. The molecule has 1 aliphatic heterocycles. The van der Waals surface area contributed by atoms with Gasteiger partial charge in [0.25, 0.3) is 5.60 Å². The van der Waals surface area contributed by atoms with E-state index in [2.05, 4.69) is 9.47 Å². The van der Waals surface area contributed by atoms with Gasteiger partial charge in [-0.25, -0.2) is 0 Å². The van der Waals surface area contributed by atoms with E-state index in [1.165, 1.54) is 6.92 Å². The lowest BCUT2D eigenvalue weighted by Crippen LogP contribution is -2.60. The topological polar surface area (TPSA) is 61.8 Å². The molecule has 178 valence electrons. The summed E-state index contributed by atoms with van der Waals surface area (Å²) in [5.41, 5.74) is -4.32. The second-order valence-corrected chi connectivity index (χ2v) is 8.93. The van der Waals surface area contributed by atoms with Crippen molar-refractivity contribution in [3.63, 3.8) is 0 Å². The Morgan fingerprint density at radius 3 is 2.06 bits per heavy atom. The molecule has 1 heterocycles. The van der Waals surface area contributed by atoms with Crippen LogP contribution in [0.2, 0.25) is 0 Å². The second kappa shape index (κ2) is 8.20. The fraction of sp³-hybridized carbons (Fsp3) is 0.900. The molecule has 0 N–H and O–H groups in total. The van der Waals surface area contributed by atoms with E-state index in [-0.39, 0.29) is 30.8 Å². The molecular formula is C20H26F6O5. The van der Waals surface area contributed by atoms with Gasteiger partial charge in [-0.05, 0) is 55.8 Å². The molecule has 2 saturated carbocycles. The number of esters is 2. The molecule has 5 nitrogen and oxygen atoms in total. The van der Waals surface area contributed by atoms with Gasteiger partial charge in [-0.1, -0.05) is 13.8 Å².